The Morgan fingerprint density at radius 1 is 1.30 bits per heavy atom. The van der Waals surface area contributed by atoms with Crippen LogP contribution < -0.4 is 0 Å². The fourth-order valence-electron chi connectivity index (χ4n) is 3.38. The highest BCUT2D eigenvalue weighted by Crippen LogP contribution is 2.27. The highest BCUT2D eigenvalue weighted by molar-refractivity contribution is 7.90. The number of ether oxygens (including phenoxy) is 1. The van der Waals surface area contributed by atoms with Crippen molar-refractivity contribution in [1.29, 1.82) is 0 Å². The summed E-state index contributed by atoms with van der Waals surface area (Å²) in [7, 11) is 0. The molecule has 0 aromatic heterocycles. The maximum absolute atomic E-state index is 12.1. The zero-order valence-electron chi connectivity index (χ0n) is 16.9. The monoisotopic (exact) mass is 395 g/mol. The van der Waals surface area contributed by atoms with Gasteiger partial charge in [0.15, 0.2) is 4.90 Å². The number of likely N-dealkylation sites (tertiary alicyclic amines) is 1. The second-order valence-electron chi connectivity index (χ2n) is 8.38. The molecule has 2 atom stereocenters. The molecule has 1 amide bonds. The fraction of sp³-hybridized carbons (Fsp3) is 0.667. The van der Waals surface area contributed by atoms with E-state index in [1.165, 1.54) is 0 Å². The van der Waals surface area contributed by atoms with E-state index in [1.807, 2.05) is 45.0 Å². The van der Waals surface area contributed by atoms with Gasteiger partial charge in [0, 0.05) is 13.1 Å². The lowest BCUT2D eigenvalue weighted by Gasteiger charge is -2.33. The molecule has 152 valence electrons. The number of nitrogens with zero attached hydrogens (tertiary/aromatic N) is 1. The van der Waals surface area contributed by atoms with Gasteiger partial charge in [0.25, 0.3) is 0 Å². The van der Waals surface area contributed by atoms with E-state index in [4.69, 9.17) is 4.74 Å². The third-order valence-corrected chi connectivity index (χ3v) is 5.89. The molecule has 1 heterocycles. The average Bonchev–Trinajstić information content (AvgIpc) is 2.60. The number of hydrogen-bond donors (Lipinski definition) is 1. The Balaban J connectivity index is 1.68. The molecule has 1 N–H and O–H groups in total. The van der Waals surface area contributed by atoms with Crippen LogP contribution in [0, 0.1) is 5.92 Å². The van der Waals surface area contributed by atoms with Crippen molar-refractivity contribution in [3.63, 3.8) is 0 Å². The lowest BCUT2D eigenvalue weighted by molar-refractivity contribution is 0.0179. The van der Waals surface area contributed by atoms with Crippen molar-refractivity contribution in [2.45, 2.75) is 69.5 Å². The molecule has 1 aliphatic heterocycles. The van der Waals surface area contributed by atoms with Crippen LogP contribution in [0.15, 0.2) is 29.2 Å². The van der Waals surface area contributed by atoms with Crippen LogP contribution in [0.5, 0.6) is 0 Å². The molecule has 1 fully saturated rings. The summed E-state index contributed by atoms with van der Waals surface area (Å²) in [5.41, 5.74) is 0.429. The topological polar surface area (TPSA) is 72.8 Å². The third-order valence-electron chi connectivity index (χ3n) is 4.95. The summed E-state index contributed by atoms with van der Waals surface area (Å²) in [6.07, 6.45) is 5.69. The number of carbonyl (C=O) groups excluding carboxylic acids is 1. The maximum atomic E-state index is 12.1. The molecule has 5 nitrogen and oxygen atoms in total. The summed E-state index contributed by atoms with van der Waals surface area (Å²) < 4.78 is 16.9. The molecular weight excluding hydrogens is 362 g/mol. The predicted molar refractivity (Wildman–Crippen MR) is 108 cm³/mol. The van der Waals surface area contributed by atoms with Crippen molar-refractivity contribution in [2.24, 2.45) is 5.92 Å². The number of amides is 1. The Bertz CT molecular complexity index is 589. The average molecular weight is 396 g/mol. The van der Waals surface area contributed by atoms with Crippen molar-refractivity contribution < 1.29 is 19.2 Å². The number of rotatable bonds is 6. The van der Waals surface area contributed by atoms with E-state index in [0.717, 1.165) is 55.7 Å². The lowest BCUT2D eigenvalue weighted by atomic mass is 9.90. The minimum Gasteiger partial charge on any atom is -0.612 e. The molecule has 0 radical (unpaired) electrons. The smallest absolute Gasteiger partial charge is 0.410 e. The van der Waals surface area contributed by atoms with Crippen LogP contribution in [0.3, 0.4) is 0 Å². The van der Waals surface area contributed by atoms with Gasteiger partial charge in [0.05, 0.1) is 6.10 Å². The van der Waals surface area contributed by atoms with E-state index < -0.39 is 22.9 Å². The van der Waals surface area contributed by atoms with Crippen molar-refractivity contribution in [3.05, 3.63) is 29.8 Å². The molecule has 0 saturated carbocycles. The van der Waals surface area contributed by atoms with E-state index in [9.17, 15) is 14.5 Å². The maximum Gasteiger partial charge on any atom is 0.410 e. The van der Waals surface area contributed by atoms with Gasteiger partial charge >= 0.3 is 6.09 Å². The first-order chi connectivity index (χ1) is 12.7. The molecule has 1 aromatic carbocycles. The van der Waals surface area contributed by atoms with Crippen LogP contribution in [0.4, 0.5) is 4.79 Å². The number of aliphatic hydroxyl groups is 1. The molecule has 1 aliphatic rings. The molecule has 1 aromatic rings. The molecule has 27 heavy (non-hydrogen) atoms. The largest absolute Gasteiger partial charge is 0.612 e. The minimum atomic E-state index is -0.990. The summed E-state index contributed by atoms with van der Waals surface area (Å²) in [6, 6.07) is 7.36. The zero-order chi connectivity index (χ0) is 20.0. The molecule has 1 saturated heterocycles. The first-order valence-corrected chi connectivity index (χ1v) is 11.3. The Morgan fingerprint density at radius 3 is 2.41 bits per heavy atom. The van der Waals surface area contributed by atoms with Crippen LogP contribution in [0.2, 0.25) is 0 Å². The number of benzene rings is 1. The standard InChI is InChI=1S/C21H33NO4S/c1-21(2,3)26-20(24)22-14-12-16(13-15-22)6-5-7-19(23)17-8-10-18(11-9-17)27(4)25/h8-11,16,19,23H,5-7,12-15H2,1-4H3. The normalized spacial score (nSPS) is 18.2. The van der Waals surface area contributed by atoms with Crippen molar-refractivity contribution in [3.8, 4) is 0 Å². The van der Waals surface area contributed by atoms with E-state index in [0.29, 0.717) is 5.92 Å². The highest BCUT2D eigenvalue weighted by atomic mass is 32.2. The lowest BCUT2D eigenvalue weighted by Crippen LogP contribution is -2.41. The molecule has 2 rings (SSSR count). The van der Waals surface area contributed by atoms with Gasteiger partial charge in [0.1, 0.15) is 11.9 Å². The van der Waals surface area contributed by atoms with Crippen molar-refractivity contribution in [2.75, 3.05) is 19.3 Å². The van der Waals surface area contributed by atoms with Gasteiger partial charge in [-0.05, 0) is 74.8 Å². The van der Waals surface area contributed by atoms with Crippen LogP contribution in [-0.2, 0) is 15.9 Å². The number of hydrogen-bond acceptors (Lipinski definition) is 4. The summed E-state index contributed by atoms with van der Waals surface area (Å²) in [4.78, 5) is 14.7. The number of aliphatic hydroxyl groups excluding tert-OH is 1. The Labute approximate surface area is 166 Å². The van der Waals surface area contributed by atoms with Crippen molar-refractivity contribution in [1.82, 2.24) is 4.90 Å². The van der Waals surface area contributed by atoms with Crippen molar-refractivity contribution >= 4 is 17.3 Å². The van der Waals surface area contributed by atoms with Gasteiger partial charge < -0.3 is 19.3 Å². The second-order valence-corrected chi connectivity index (χ2v) is 9.76. The van der Waals surface area contributed by atoms with Gasteiger partial charge in [-0.3, -0.25) is 0 Å². The van der Waals surface area contributed by atoms with Crippen LogP contribution >= 0.6 is 0 Å². The summed E-state index contributed by atoms with van der Waals surface area (Å²) in [6.45, 7) is 7.16. The van der Waals surface area contributed by atoms with Gasteiger partial charge in [-0.2, -0.15) is 0 Å². The van der Waals surface area contributed by atoms with Crippen LogP contribution in [0.1, 0.15) is 64.5 Å². The number of piperidine rings is 1. The zero-order valence-corrected chi connectivity index (χ0v) is 17.8. The van der Waals surface area contributed by atoms with Gasteiger partial charge in [-0.25, -0.2) is 4.79 Å². The van der Waals surface area contributed by atoms with E-state index in [1.54, 1.807) is 11.2 Å². The molecule has 6 heteroatoms. The van der Waals surface area contributed by atoms with Crippen LogP contribution in [0.25, 0.3) is 0 Å². The fourth-order valence-corrected chi connectivity index (χ4v) is 3.90. The van der Waals surface area contributed by atoms with Gasteiger partial charge in [-0.1, -0.05) is 25.0 Å². The second kappa shape index (κ2) is 9.80. The van der Waals surface area contributed by atoms with Crippen LogP contribution in [-0.4, -0.2) is 45.6 Å². The SMILES string of the molecule is C[S+]([O-])c1ccc(C(O)CCCC2CCN(C(=O)OC(C)(C)C)CC2)cc1. The Kier molecular flexibility index (Phi) is 8.01. The first kappa shape index (κ1) is 22.1. The molecule has 0 bridgehead atoms. The highest BCUT2D eigenvalue weighted by Gasteiger charge is 2.26. The van der Waals surface area contributed by atoms with E-state index in [2.05, 4.69) is 0 Å². The van der Waals surface area contributed by atoms with Gasteiger partial charge in [0.2, 0.25) is 0 Å². The quantitative estimate of drug-likeness (QED) is 0.730. The number of carbonyl (C=O) groups is 1. The molecule has 0 spiro atoms. The Hall–Kier alpha value is -1.24. The predicted octanol–water partition coefficient (Wildman–Crippen LogP) is 4.27. The van der Waals surface area contributed by atoms with E-state index >= 15 is 0 Å². The summed E-state index contributed by atoms with van der Waals surface area (Å²) in [5.74, 6) is 0.598. The third kappa shape index (κ3) is 7.35. The molecule has 2 unspecified atom stereocenters. The summed E-state index contributed by atoms with van der Waals surface area (Å²) >= 11 is -0.990. The van der Waals surface area contributed by atoms with Gasteiger partial charge in [-0.15, -0.1) is 0 Å². The van der Waals surface area contributed by atoms with E-state index in [-0.39, 0.29) is 6.09 Å². The first-order valence-electron chi connectivity index (χ1n) is 9.75. The summed E-state index contributed by atoms with van der Waals surface area (Å²) in [5, 5.41) is 10.4. The molecular formula is C21H33NO4S. The minimum absolute atomic E-state index is 0.215. The molecule has 0 aliphatic carbocycles. The Morgan fingerprint density at radius 2 is 1.89 bits per heavy atom.